The summed E-state index contributed by atoms with van der Waals surface area (Å²) in [4.78, 5) is 8.62. The number of hydrogen-bond donors (Lipinski definition) is 1. The van der Waals surface area contributed by atoms with Gasteiger partial charge in [0.2, 0.25) is 5.75 Å². The lowest BCUT2D eigenvalue weighted by molar-refractivity contribution is 0.215. The van der Waals surface area contributed by atoms with Crippen LogP contribution in [0.3, 0.4) is 0 Å². The predicted octanol–water partition coefficient (Wildman–Crippen LogP) is 4.12. The summed E-state index contributed by atoms with van der Waals surface area (Å²) in [5.74, 6) is 4.19. The predicted molar refractivity (Wildman–Crippen MR) is 114 cm³/mol. The van der Waals surface area contributed by atoms with E-state index in [4.69, 9.17) is 23.7 Å². The minimum atomic E-state index is 0. The second kappa shape index (κ2) is 12.5. The maximum atomic E-state index is 5.80. The smallest absolute Gasteiger partial charge is 0.203 e. The Balaban J connectivity index is 0.00000420. The Morgan fingerprint density at radius 1 is 0.931 bits per heavy atom. The van der Waals surface area contributed by atoms with Crippen LogP contribution in [-0.4, -0.2) is 51.1 Å². The Kier molecular flexibility index (Phi) is 10.4. The van der Waals surface area contributed by atoms with Crippen molar-refractivity contribution in [2.24, 2.45) is 0 Å². The molecule has 0 fully saturated rings. The van der Waals surface area contributed by atoms with E-state index in [0.29, 0.717) is 53.6 Å². The molecule has 0 saturated carbocycles. The molecule has 1 aromatic carbocycles. The van der Waals surface area contributed by atoms with Crippen molar-refractivity contribution in [3.63, 3.8) is 0 Å². The molecule has 0 spiro atoms. The van der Waals surface area contributed by atoms with Gasteiger partial charge < -0.3 is 29.0 Å². The topological polar surface area (TPSA) is 84.0 Å². The van der Waals surface area contributed by atoms with Gasteiger partial charge in [-0.15, -0.1) is 0 Å². The first-order chi connectivity index (χ1) is 13.6. The average Bonchev–Trinajstić information content (AvgIpc) is 2.71. The molecule has 2 aromatic rings. The highest BCUT2D eigenvalue weighted by Gasteiger charge is 2.14. The Hall–Kier alpha value is -2.90. The molecule has 8 heteroatoms. The van der Waals surface area contributed by atoms with Gasteiger partial charge >= 0.3 is 0 Å². The summed E-state index contributed by atoms with van der Waals surface area (Å²) in [5, 5.41) is 3.29. The van der Waals surface area contributed by atoms with Crippen LogP contribution < -0.4 is 29.0 Å². The van der Waals surface area contributed by atoms with Crippen molar-refractivity contribution in [1.82, 2.24) is 9.97 Å². The van der Waals surface area contributed by atoms with Crippen LogP contribution in [0, 0.1) is 6.92 Å². The number of unbranched alkanes of at least 4 members (excludes halogenated alkanes) is 1. The van der Waals surface area contributed by atoms with E-state index >= 15 is 0 Å². The van der Waals surface area contributed by atoms with E-state index in [1.54, 1.807) is 39.7 Å². The van der Waals surface area contributed by atoms with Gasteiger partial charge in [-0.05, 0) is 13.3 Å². The van der Waals surface area contributed by atoms with E-state index in [9.17, 15) is 0 Å². The van der Waals surface area contributed by atoms with Gasteiger partial charge in [-0.1, -0.05) is 20.8 Å². The number of aromatic nitrogens is 2. The van der Waals surface area contributed by atoms with Gasteiger partial charge in [0.25, 0.3) is 0 Å². The Labute approximate surface area is 173 Å². The lowest BCUT2D eigenvalue weighted by atomic mass is 10.2. The molecule has 162 valence electrons. The largest absolute Gasteiger partial charge is 0.493 e. The molecule has 1 N–H and O–H groups in total. The first-order valence-electron chi connectivity index (χ1n) is 9.26. The zero-order chi connectivity index (χ0) is 20.4. The van der Waals surface area contributed by atoms with Crippen LogP contribution in [0.15, 0.2) is 18.3 Å². The van der Waals surface area contributed by atoms with Gasteiger partial charge in [0, 0.05) is 18.7 Å². The lowest BCUT2D eigenvalue weighted by Gasteiger charge is -2.15. The number of methoxy groups -OCH3 is 3. The SMILES string of the molecule is C.CCCCNc1nc(C)ncc1OCCOc1cc(OC)c(OC)c(OC)c1. The van der Waals surface area contributed by atoms with Gasteiger partial charge in [-0.2, -0.15) is 0 Å². The normalized spacial score (nSPS) is 9.97. The molecule has 1 heterocycles. The maximum absolute atomic E-state index is 5.80. The fourth-order valence-corrected chi connectivity index (χ4v) is 2.53. The van der Waals surface area contributed by atoms with Crippen LogP contribution >= 0.6 is 0 Å². The molecule has 0 aliphatic carbocycles. The number of hydrogen-bond acceptors (Lipinski definition) is 8. The van der Waals surface area contributed by atoms with Crippen molar-refractivity contribution in [2.45, 2.75) is 34.1 Å². The third-order valence-electron chi connectivity index (χ3n) is 3.95. The van der Waals surface area contributed by atoms with E-state index in [1.807, 2.05) is 6.92 Å². The van der Waals surface area contributed by atoms with Crippen LogP contribution in [0.1, 0.15) is 33.0 Å². The van der Waals surface area contributed by atoms with Gasteiger partial charge in [0.15, 0.2) is 23.1 Å². The van der Waals surface area contributed by atoms with Gasteiger partial charge in [-0.3, -0.25) is 0 Å². The van der Waals surface area contributed by atoms with Crippen molar-refractivity contribution in [1.29, 1.82) is 0 Å². The number of benzene rings is 1. The van der Waals surface area contributed by atoms with E-state index in [1.165, 1.54) is 0 Å². The number of rotatable bonds is 12. The zero-order valence-corrected chi connectivity index (χ0v) is 17.2. The van der Waals surface area contributed by atoms with Gasteiger partial charge in [0.05, 0.1) is 27.5 Å². The van der Waals surface area contributed by atoms with Crippen LogP contribution in [0.25, 0.3) is 0 Å². The van der Waals surface area contributed by atoms with E-state index in [-0.39, 0.29) is 7.43 Å². The molecular formula is C21H33N3O5. The summed E-state index contributed by atoms with van der Waals surface area (Å²) in [6.45, 7) is 5.50. The summed E-state index contributed by atoms with van der Waals surface area (Å²) in [7, 11) is 4.69. The summed E-state index contributed by atoms with van der Waals surface area (Å²) in [6, 6.07) is 3.49. The van der Waals surface area contributed by atoms with Crippen molar-refractivity contribution >= 4 is 5.82 Å². The standard InChI is InChI=1S/C20H29N3O5.CH4/c1-6-7-8-21-20-18(13-22-14(2)23-20)28-10-9-27-15-11-16(24-3)19(26-5)17(12-15)25-4;/h11-13H,6-10H2,1-5H3,(H,21,22,23);1H4. The Morgan fingerprint density at radius 2 is 1.59 bits per heavy atom. The highest BCUT2D eigenvalue weighted by Crippen LogP contribution is 2.40. The fraction of sp³-hybridized carbons (Fsp3) is 0.524. The van der Waals surface area contributed by atoms with Crippen molar-refractivity contribution < 1.29 is 23.7 Å². The molecule has 0 saturated heterocycles. The van der Waals surface area contributed by atoms with E-state index in [2.05, 4.69) is 22.2 Å². The van der Waals surface area contributed by atoms with E-state index < -0.39 is 0 Å². The number of anilines is 1. The van der Waals surface area contributed by atoms with E-state index in [0.717, 1.165) is 19.4 Å². The molecule has 0 amide bonds. The molecule has 0 unspecified atom stereocenters. The molecule has 0 aliphatic heterocycles. The minimum Gasteiger partial charge on any atom is -0.493 e. The highest BCUT2D eigenvalue weighted by molar-refractivity contribution is 5.55. The van der Waals surface area contributed by atoms with Crippen molar-refractivity contribution in [3.05, 3.63) is 24.2 Å². The Morgan fingerprint density at radius 3 is 2.17 bits per heavy atom. The molecule has 2 rings (SSSR count). The van der Waals surface area contributed by atoms with Crippen molar-refractivity contribution in [3.8, 4) is 28.7 Å². The molecule has 0 radical (unpaired) electrons. The maximum Gasteiger partial charge on any atom is 0.203 e. The summed E-state index contributed by atoms with van der Waals surface area (Å²) in [6.07, 6.45) is 3.85. The fourth-order valence-electron chi connectivity index (χ4n) is 2.53. The average molecular weight is 408 g/mol. The first kappa shape index (κ1) is 24.1. The number of nitrogens with one attached hydrogen (secondary N) is 1. The van der Waals surface area contributed by atoms with Crippen LogP contribution in [-0.2, 0) is 0 Å². The monoisotopic (exact) mass is 407 g/mol. The Bertz CT molecular complexity index is 730. The molecule has 29 heavy (non-hydrogen) atoms. The molecule has 0 atom stereocenters. The van der Waals surface area contributed by atoms with Gasteiger partial charge in [0.1, 0.15) is 24.8 Å². The second-order valence-electron chi connectivity index (χ2n) is 5.97. The number of ether oxygens (including phenoxy) is 5. The summed E-state index contributed by atoms with van der Waals surface area (Å²) >= 11 is 0. The minimum absolute atomic E-state index is 0. The lowest BCUT2D eigenvalue weighted by Crippen LogP contribution is -2.12. The number of aryl methyl sites for hydroxylation is 1. The number of nitrogens with zero attached hydrogens (tertiary/aromatic N) is 2. The molecule has 0 aliphatic rings. The van der Waals surface area contributed by atoms with Crippen molar-refractivity contribution in [2.75, 3.05) is 46.4 Å². The molecular weight excluding hydrogens is 374 g/mol. The van der Waals surface area contributed by atoms with Gasteiger partial charge in [-0.25, -0.2) is 9.97 Å². The highest BCUT2D eigenvalue weighted by atomic mass is 16.5. The molecule has 8 nitrogen and oxygen atoms in total. The van der Waals surface area contributed by atoms with Crippen LogP contribution in [0.4, 0.5) is 5.82 Å². The zero-order valence-electron chi connectivity index (χ0n) is 17.2. The summed E-state index contributed by atoms with van der Waals surface area (Å²) < 4.78 is 27.5. The quantitative estimate of drug-likeness (QED) is 0.526. The van der Waals surface area contributed by atoms with Crippen LogP contribution in [0.2, 0.25) is 0 Å². The molecule has 0 bridgehead atoms. The first-order valence-corrected chi connectivity index (χ1v) is 9.26. The third-order valence-corrected chi connectivity index (χ3v) is 3.95. The third kappa shape index (κ3) is 6.89. The van der Waals surface area contributed by atoms with Crippen LogP contribution in [0.5, 0.6) is 28.7 Å². The summed E-state index contributed by atoms with van der Waals surface area (Å²) in [5.41, 5.74) is 0. The molecule has 1 aromatic heterocycles. The second-order valence-corrected chi connectivity index (χ2v) is 5.97.